The van der Waals surface area contributed by atoms with E-state index < -0.39 is 6.03 Å². The highest BCUT2D eigenvalue weighted by atomic mass is 32.2. The minimum Gasteiger partial charge on any atom is -0.351 e. The summed E-state index contributed by atoms with van der Waals surface area (Å²) in [5, 5.41) is 11.0. The summed E-state index contributed by atoms with van der Waals surface area (Å²) in [6.07, 6.45) is 0. The van der Waals surface area contributed by atoms with E-state index in [1.807, 2.05) is 0 Å². The Morgan fingerprint density at radius 2 is 1.85 bits per heavy atom. The molecule has 0 fully saturated rings. The lowest BCUT2D eigenvalue weighted by atomic mass is 10.1. The molecule has 1 heterocycles. The van der Waals surface area contributed by atoms with Gasteiger partial charge < -0.3 is 15.6 Å². The van der Waals surface area contributed by atoms with Crippen LogP contribution in [0.2, 0.25) is 0 Å². The molecular weight excluding hydrogens is 369 g/mol. The van der Waals surface area contributed by atoms with Gasteiger partial charge >= 0.3 is 6.03 Å². The molecule has 0 aliphatic carbocycles. The third-order valence-corrected chi connectivity index (χ3v) is 4.78. The van der Waals surface area contributed by atoms with Crippen LogP contribution in [0, 0.1) is 5.82 Å². The second kappa shape index (κ2) is 8.00. The van der Waals surface area contributed by atoms with E-state index in [1.54, 1.807) is 54.1 Å². The molecule has 0 aliphatic heterocycles. The molecule has 0 atom stereocenters. The highest BCUT2D eigenvalue weighted by Gasteiger charge is 2.16. The number of Topliss-reactive ketones (excluding diaryl/α,β-unsaturated/α-hetero) is 1. The number of urea groups is 1. The number of carbonyl (C=O) groups is 2. The molecule has 2 amide bonds. The van der Waals surface area contributed by atoms with Gasteiger partial charge in [0.1, 0.15) is 5.82 Å². The first-order valence-electron chi connectivity index (χ1n) is 7.92. The van der Waals surface area contributed by atoms with Crippen LogP contribution in [0.25, 0.3) is 11.4 Å². The van der Waals surface area contributed by atoms with Crippen LogP contribution in [0.4, 0.5) is 14.9 Å². The zero-order valence-corrected chi connectivity index (χ0v) is 15.2. The molecule has 0 spiro atoms. The van der Waals surface area contributed by atoms with Crippen molar-refractivity contribution in [1.29, 1.82) is 0 Å². The van der Waals surface area contributed by atoms with Crippen LogP contribution < -0.4 is 11.1 Å². The predicted molar refractivity (Wildman–Crippen MR) is 101 cm³/mol. The van der Waals surface area contributed by atoms with Gasteiger partial charge in [0.25, 0.3) is 0 Å². The van der Waals surface area contributed by atoms with Gasteiger partial charge in [-0.2, -0.15) is 0 Å². The molecular formula is C18H16FN5O2S. The Labute approximate surface area is 158 Å². The monoisotopic (exact) mass is 385 g/mol. The number of rotatable bonds is 6. The molecule has 0 saturated heterocycles. The van der Waals surface area contributed by atoms with Crippen LogP contribution >= 0.6 is 11.8 Å². The SMILES string of the molecule is Cn1c(SCC(=O)c2ccc(NC(N)=O)cc2)nnc1-c1ccccc1F. The van der Waals surface area contributed by atoms with Gasteiger partial charge in [0, 0.05) is 18.3 Å². The summed E-state index contributed by atoms with van der Waals surface area (Å²) in [6.45, 7) is 0. The van der Waals surface area contributed by atoms with Crippen molar-refractivity contribution in [2.24, 2.45) is 12.8 Å². The van der Waals surface area contributed by atoms with Crippen molar-refractivity contribution in [3.63, 3.8) is 0 Å². The minimum absolute atomic E-state index is 0.110. The number of thioether (sulfide) groups is 1. The topological polar surface area (TPSA) is 103 Å². The first-order valence-corrected chi connectivity index (χ1v) is 8.91. The van der Waals surface area contributed by atoms with Gasteiger partial charge in [0.15, 0.2) is 16.8 Å². The third-order valence-electron chi connectivity index (χ3n) is 3.76. The number of halogens is 1. The van der Waals surface area contributed by atoms with Gasteiger partial charge in [-0.3, -0.25) is 4.79 Å². The number of hydrogen-bond donors (Lipinski definition) is 2. The number of nitrogens with one attached hydrogen (secondary N) is 1. The summed E-state index contributed by atoms with van der Waals surface area (Å²) >= 11 is 1.21. The van der Waals surface area contributed by atoms with E-state index in [1.165, 1.54) is 17.8 Å². The first kappa shape index (κ1) is 18.6. The average molecular weight is 385 g/mol. The summed E-state index contributed by atoms with van der Waals surface area (Å²) in [5.74, 6) is 0.0440. The normalized spacial score (nSPS) is 10.6. The van der Waals surface area contributed by atoms with Crippen molar-refractivity contribution in [3.05, 3.63) is 59.9 Å². The Morgan fingerprint density at radius 1 is 1.15 bits per heavy atom. The van der Waals surface area contributed by atoms with Gasteiger partial charge in [0.05, 0.1) is 11.3 Å². The second-order valence-electron chi connectivity index (χ2n) is 5.62. The van der Waals surface area contributed by atoms with E-state index in [0.717, 1.165) is 0 Å². The Bertz CT molecular complexity index is 988. The molecule has 3 aromatic rings. The number of primary amides is 1. The lowest BCUT2D eigenvalue weighted by molar-refractivity contribution is 0.102. The Balaban J connectivity index is 1.68. The zero-order chi connectivity index (χ0) is 19.4. The van der Waals surface area contributed by atoms with Crippen molar-refractivity contribution in [3.8, 4) is 11.4 Å². The fraction of sp³-hybridized carbons (Fsp3) is 0.111. The standard InChI is InChI=1S/C18H16FN5O2S/c1-24-16(13-4-2-3-5-14(13)19)22-23-18(24)27-10-15(25)11-6-8-12(9-7-11)21-17(20)26/h2-9H,10H2,1H3,(H3,20,21,26). The number of anilines is 1. The van der Waals surface area contributed by atoms with Gasteiger partial charge in [-0.1, -0.05) is 23.9 Å². The van der Waals surface area contributed by atoms with Gasteiger partial charge in [-0.05, 0) is 36.4 Å². The number of aromatic nitrogens is 3. The summed E-state index contributed by atoms with van der Waals surface area (Å²) in [6, 6.07) is 12.1. The van der Waals surface area contributed by atoms with E-state index in [4.69, 9.17) is 5.73 Å². The molecule has 1 aromatic heterocycles. The Morgan fingerprint density at radius 3 is 2.52 bits per heavy atom. The number of ketones is 1. The van der Waals surface area contributed by atoms with Crippen LogP contribution in [0.1, 0.15) is 10.4 Å². The highest BCUT2D eigenvalue weighted by molar-refractivity contribution is 7.99. The molecule has 0 aliphatic rings. The van der Waals surface area contributed by atoms with Gasteiger partial charge in [-0.25, -0.2) is 9.18 Å². The fourth-order valence-electron chi connectivity index (χ4n) is 2.41. The number of nitrogens with two attached hydrogens (primary N) is 1. The molecule has 3 N–H and O–H groups in total. The van der Waals surface area contributed by atoms with Crippen LogP contribution in [0.5, 0.6) is 0 Å². The summed E-state index contributed by atoms with van der Waals surface area (Å²) in [4.78, 5) is 23.1. The van der Waals surface area contributed by atoms with Crippen LogP contribution in [-0.2, 0) is 7.05 Å². The average Bonchev–Trinajstić information content (AvgIpc) is 3.01. The highest BCUT2D eigenvalue weighted by Crippen LogP contribution is 2.25. The largest absolute Gasteiger partial charge is 0.351 e. The molecule has 0 radical (unpaired) electrons. The number of nitrogens with zero attached hydrogens (tertiary/aromatic N) is 3. The molecule has 0 saturated carbocycles. The van der Waals surface area contributed by atoms with Gasteiger partial charge in [0.2, 0.25) is 0 Å². The second-order valence-corrected chi connectivity index (χ2v) is 6.57. The number of amides is 2. The van der Waals surface area contributed by atoms with Crippen molar-refractivity contribution in [2.45, 2.75) is 5.16 Å². The molecule has 7 nitrogen and oxygen atoms in total. The zero-order valence-electron chi connectivity index (χ0n) is 14.3. The first-order chi connectivity index (χ1) is 13.0. The van der Waals surface area contributed by atoms with E-state index in [-0.39, 0.29) is 17.4 Å². The summed E-state index contributed by atoms with van der Waals surface area (Å²) in [5.41, 5.74) is 6.40. The van der Waals surface area contributed by atoms with Gasteiger partial charge in [-0.15, -0.1) is 10.2 Å². The molecule has 27 heavy (non-hydrogen) atoms. The maximum absolute atomic E-state index is 13.9. The third kappa shape index (κ3) is 4.32. The lowest BCUT2D eigenvalue weighted by Gasteiger charge is -2.05. The van der Waals surface area contributed by atoms with E-state index in [2.05, 4.69) is 15.5 Å². The Kier molecular flexibility index (Phi) is 5.51. The fourth-order valence-corrected chi connectivity index (χ4v) is 3.22. The quantitative estimate of drug-likeness (QED) is 0.501. The van der Waals surface area contributed by atoms with Crippen LogP contribution in [-0.4, -0.2) is 32.3 Å². The lowest BCUT2D eigenvalue weighted by Crippen LogP contribution is -2.19. The Hall–Kier alpha value is -3.20. The van der Waals surface area contributed by atoms with E-state index >= 15 is 0 Å². The predicted octanol–water partition coefficient (Wildman–Crippen LogP) is 3.09. The molecule has 2 aromatic carbocycles. The van der Waals surface area contributed by atoms with E-state index in [0.29, 0.717) is 27.8 Å². The van der Waals surface area contributed by atoms with Crippen molar-refractivity contribution in [1.82, 2.24) is 14.8 Å². The van der Waals surface area contributed by atoms with E-state index in [9.17, 15) is 14.0 Å². The molecule has 3 rings (SSSR count). The molecule has 138 valence electrons. The van der Waals surface area contributed by atoms with Crippen molar-refractivity contribution in [2.75, 3.05) is 11.1 Å². The van der Waals surface area contributed by atoms with Crippen LogP contribution in [0.3, 0.4) is 0 Å². The van der Waals surface area contributed by atoms with Crippen molar-refractivity contribution < 1.29 is 14.0 Å². The smallest absolute Gasteiger partial charge is 0.316 e. The molecule has 0 bridgehead atoms. The maximum atomic E-state index is 13.9. The molecule has 9 heteroatoms. The van der Waals surface area contributed by atoms with Crippen molar-refractivity contribution >= 4 is 29.3 Å². The molecule has 0 unspecified atom stereocenters. The number of hydrogen-bond acceptors (Lipinski definition) is 5. The number of carbonyl (C=O) groups excluding carboxylic acids is 2. The number of benzene rings is 2. The van der Waals surface area contributed by atoms with Crippen LogP contribution in [0.15, 0.2) is 53.7 Å². The summed E-state index contributed by atoms with van der Waals surface area (Å²) in [7, 11) is 1.72. The summed E-state index contributed by atoms with van der Waals surface area (Å²) < 4.78 is 15.6. The maximum Gasteiger partial charge on any atom is 0.316 e. The minimum atomic E-state index is -0.669.